The molecule has 0 atom stereocenters. The molecule has 1 N–H and O–H groups in total. The van der Waals surface area contributed by atoms with Crippen molar-refractivity contribution in [2.24, 2.45) is 0 Å². The average molecular weight is 342 g/mol. The van der Waals surface area contributed by atoms with E-state index in [0.29, 0.717) is 28.8 Å². The van der Waals surface area contributed by atoms with Crippen LogP contribution in [0.2, 0.25) is 0 Å². The van der Waals surface area contributed by atoms with Crippen LogP contribution in [0, 0.1) is 0 Å². The van der Waals surface area contributed by atoms with Crippen molar-refractivity contribution in [3.63, 3.8) is 0 Å². The monoisotopic (exact) mass is 342 g/mol. The first kappa shape index (κ1) is 16.8. The number of pyridine rings is 1. The van der Waals surface area contributed by atoms with E-state index in [9.17, 15) is 9.59 Å². The zero-order valence-electron chi connectivity index (χ0n) is 14.0. The second kappa shape index (κ2) is 6.86. The van der Waals surface area contributed by atoms with Gasteiger partial charge in [-0.2, -0.15) is 0 Å². The predicted molar refractivity (Wildman–Crippen MR) is 90.7 cm³/mol. The Bertz CT molecular complexity index is 990. The summed E-state index contributed by atoms with van der Waals surface area (Å²) in [6.45, 7) is 4.20. The zero-order valence-corrected chi connectivity index (χ0v) is 14.0. The van der Waals surface area contributed by atoms with Gasteiger partial charge in [0.1, 0.15) is 11.3 Å². The summed E-state index contributed by atoms with van der Waals surface area (Å²) >= 11 is 0. The molecule has 0 aliphatic heterocycles. The van der Waals surface area contributed by atoms with Crippen molar-refractivity contribution in [2.75, 3.05) is 6.61 Å². The number of fused-ring (bicyclic) bond motifs is 1. The first-order chi connectivity index (χ1) is 12.1. The van der Waals surface area contributed by atoms with Gasteiger partial charge in [-0.3, -0.25) is 4.79 Å². The van der Waals surface area contributed by atoms with Crippen molar-refractivity contribution < 1.29 is 14.6 Å². The van der Waals surface area contributed by atoms with Crippen molar-refractivity contribution in [2.45, 2.75) is 27.0 Å². The summed E-state index contributed by atoms with van der Waals surface area (Å²) in [7, 11) is 0. The van der Waals surface area contributed by atoms with Crippen molar-refractivity contribution >= 4 is 16.9 Å². The van der Waals surface area contributed by atoms with Gasteiger partial charge in [0, 0.05) is 18.1 Å². The fourth-order valence-electron chi connectivity index (χ4n) is 2.63. The van der Waals surface area contributed by atoms with Gasteiger partial charge < -0.3 is 14.4 Å². The fourth-order valence-corrected chi connectivity index (χ4v) is 2.63. The molecule has 0 spiro atoms. The van der Waals surface area contributed by atoms with E-state index < -0.39 is 5.97 Å². The number of carbonyl (C=O) groups excluding carboxylic acids is 1. The summed E-state index contributed by atoms with van der Waals surface area (Å²) < 4.78 is 8.31. The van der Waals surface area contributed by atoms with E-state index in [4.69, 9.17) is 9.84 Å². The molecule has 130 valence electrons. The second-order valence-electron chi connectivity index (χ2n) is 5.39. The maximum atomic E-state index is 12.6. The molecule has 0 saturated carbocycles. The molecule has 0 radical (unpaired) electrons. The van der Waals surface area contributed by atoms with Crippen LogP contribution in [0.4, 0.5) is 0 Å². The van der Waals surface area contributed by atoms with Gasteiger partial charge in [0.05, 0.1) is 30.6 Å². The molecule has 0 aliphatic carbocycles. The molecule has 25 heavy (non-hydrogen) atoms. The van der Waals surface area contributed by atoms with E-state index in [1.807, 2.05) is 11.5 Å². The van der Waals surface area contributed by atoms with E-state index in [-0.39, 0.29) is 24.2 Å². The standard InChI is InChI=1S/C17H18N4O4/c1-3-20-9-14(17(24)25-4-2)16(23)13-6-5-12(7-15(13)20)21-8-11(10-22)18-19-21/h5-9,22H,3-4,10H2,1-2H3. The minimum atomic E-state index is -0.621. The maximum absolute atomic E-state index is 12.6. The van der Waals surface area contributed by atoms with E-state index in [0.717, 1.165) is 0 Å². The number of esters is 1. The van der Waals surface area contributed by atoms with Gasteiger partial charge in [-0.15, -0.1) is 5.10 Å². The molecular weight excluding hydrogens is 324 g/mol. The number of aliphatic hydroxyl groups excluding tert-OH is 1. The Kier molecular flexibility index (Phi) is 4.62. The highest BCUT2D eigenvalue weighted by Gasteiger charge is 2.16. The van der Waals surface area contributed by atoms with Crippen LogP contribution >= 0.6 is 0 Å². The average Bonchev–Trinajstić information content (AvgIpc) is 3.11. The molecule has 3 rings (SSSR count). The van der Waals surface area contributed by atoms with Crippen molar-refractivity contribution in [3.8, 4) is 5.69 Å². The van der Waals surface area contributed by atoms with Gasteiger partial charge in [0.15, 0.2) is 0 Å². The molecule has 2 aromatic heterocycles. The largest absolute Gasteiger partial charge is 0.462 e. The SMILES string of the molecule is CCOC(=O)c1cn(CC)c2cc(-n3cc(CO)nn3)ccc2c1=O. The maximum Gasteiger partial charge on any atom is 0.343 e. The van der Waals surface area contributed by atoms with Crippen LogP contribution in [-0.4, -0.2) is 37.2 Å². The number of aryl methyl sites for hydroxylation is 1. The van der Waals surface area contributed by atoms with Crippen LogP contribution in [0.25, 0.3) is 16.6 Å². The first-order valence-electron chi connectivity index (χ1n) is 7.95. The molecule has 8 nitrogen and oxygen atoms in total. The lowest BCUT2D eigenvalue weighted by Crippen LogP contribution is -2.21. The lowest BCUT2D eigenvalue weighted by molar-refractivity contribution is 0.0524. The highest BCUT2D eigenvalue weighted by Crippen LogP contribution is 2.17. The van der Waals surface area contributed by atoms with Crippen LogP contribution in [0.15, 0.2) is 35.4 Å². The highest BCUT2D eigenvalue weighted by molar-refractivity contribution is 5.94. The molecule has 0 amide bonds. The molecule has 2 heterocycles. The fraction of sp³-hybridized carbons (Fsp3) is 0.294. The Balaban J connectivity index is 2.18. The lowest BCUT2D eigenvalue weighted by Gasteiger charge is -2.12. The molecule has 0 saturated heterocycles. The van der Waals surface area contributed by atoms with Gasteiger partial charge in [0.2, 0.25) is 5.43 Å². The van der Waals surface area contributed by atoms with Gasteiger partial charge in [-0.25, -0.2) is 9.48 Å². The molecule has 3 aromatic rings. The third kappa shape index (κ3) is 3.03. The van der Waals surface area contributed by atoms with E-state index in [1.54, 1.807) is 31.3 Å². The Morgan fingerprint density at radius 1 is 1.28 bits per heavy atom. The molecule has 0 aliphatic rings. The van der Waals surface area contributed by atoms with Crippen LogP contribution in [0.3, 0.4) is 0 Å². The predicted octanol–water partition coefficient (Wildman–Crippen LogP) is 1.27. The third-order valence-electron chi connectivity index (χ3n) is 3.87. The van der Waals surface area contributed by atoms with Crippen LogP contribution in [-0.2, 0) is 17.9 Å². The van der Waals surface area contributed by atoms with Crippen molar-refractivity contribution in [1.29, 1.82) is 0 Å². The van der Waals surface area contributed by atoms with Crippen molar-refractivity contribution in [3.05, 3.63) is 52.1 Å². The van der Waals surface area contributed by atoms with Crippen LogP contribution in [0.1, 0.15) is 29.9 Å². The Hall–Kier alpha value is -3.00. The number of aliphatic hydroxyl groups is 1. The third-order valence-corrected chi connectivity index (χ3v) is 3.87. The van der Waals surface area contributed by atoms with Gasteiger partial charge in [0.25, 0.3) is 0 Å². The summed E-state index contributed by atoms with van der Waals surface area (Å²) in [5.74, 6) is -0.621. The topological polar surface area (TPSA) is 99.2 Å². The van der Waals surface area contributed by atoms with Gasteiger partial charge >= 0.3 is 5.97 Å². The summed E-state index contributed by atoms with van der Waals surface area (Å²) in [5, 5.41) is 17.3. The van der Waals surface area contributed by atoms with Crippen molar-refractivity contribution in [1.82, 2.24) is 19.6 Å². The normalized spacial score (nSPS) is 11.0. The number of aromatic nitrogens is 4. The molecular formula is C17H18N4O4. The van der Waals surface area contributed by atoms with E-state index >= 15 is 0 Å². The quantitative estimate of drug-likeness (QED) is 0.701. The van der Waals surface area contributed by atoms with Crippen LogP contribution in [0.5, 0.6) is 0 Å². The smallest absolute Gasteiger partial charge is 0.343 e. The summed E-state index contributed by atoms with van der Waals surface area (Å²) in [4.78, 5) is 24.6. The second-order valence-corrected chi connectivity index (χ2v) is 5.39. The number of nitrogens with zero attached hydrogens (tertiary/aromatic N) is 4. The van der Waals surface area contributed by atoms with Gasteiger partial charge in [-0.05, 0) is 32.0 Å². The molecule has 0 bridgehead atoms. The summed E-state index contributed by atoms with van der Waals surface area (Å²) in [5.41, 5.74) is 1.49. The van der Waals surface area contributed by atoms with E-state index in [1.165, 1.54) is 10.9 Å². The Labute approximate surface area is 143 Å². The zero-order chi connectivity index (χ0) is 18.0. The van der Waals surface area contributed by atoms with Crippen LogP contribution < -0.4 is 5.43 Å². The number of hydrogen-bond acceptors (Lipinski definition) is 6. The Morgan fingerprint density at radius 2 is 2.08 bits per heavy atom. The minimum Gasteiger partial charge on any atom is -0.462 e. The lowest BCUT2D eigenvalue weighted by atomic mass is 10.1. The van der Waals surface area contributed by atoms with E-state index in [2.05, 4.69) is 10.3 Å². The number of hydrogen-bond donors (Lipinski definition) is 1. The highest BCUT2D eigenvalue weighted by atomic mass is 16.5. The number of ether oxygens (including phenoxy) is 1. The molecule has 8 heteroatoms. The molecule has 0 unspecified atom stereocenters. The number of carbonyl (C=O) groups is 1. The summed E-state index contributed by atoms with van der Waals surface area (Å²) in [6, 6.07) is 5.17. The first-order valence-corrected chi connectivity index (χ1v) is 7.95. The minimum absolute atomic E-state index is 0.0206. The molecule has 0 fully saturated rings. The number of benzene rings is 1. The molecule has 1 aromatic carbocycles. The Morgan fingerprint density at radius 3 is 2.72 bits per heavy atom. The summed E-state index contributed by atoms with van der Waals surface area (Å²) in [6.07, 6.45) is 3.13. The number of rotatable bonds is 5. The van der Waals surface area contributed by atoms with Gasteiger partial charge in [-0.1, -0.05) is 5.21 Å².